The van der Waals surface area contributed by atoms with Crippen molar-refractivity contribution in [3.63, 3.8) is 0 Å². The summed E-state index contributed by atoms with van der Waals surface area (Å²) in [6, 6.07) is 1.54. The number of anilines is 1. The summed E-state index contributed by atoms with van der Waals surface area (Å²) in [5.41, 5.74) is 1.03. The molecule has 2 heterocycles. The SMILES string of the molecule is CCCNCc1coc(N2CCCC3CCCC32)n1. The summed E-state index contributed by atoms with van der Waals surface area (Å²) in [4.78, 5) is 7.08. The molecule has 1 aliphatic heterocycles. The van der Waals surface area contributed by atoms with Crippen LogP contribution in [0.15, 0.2) is 10.7 Å². The highest BCUT2D eigenvalue weighted by atomic mass is 16.4. The van der Waals surface area contributed by atoms with Gasteiger partial charge in [-0.05, 0) is 44.6 Å². The molecule has 106 valence electrons. The molecule has 4 nitrogen and oxygen atoms in total. The van der Waals surface area contributed by atoms with E-state index in [1.807, 2.05) is 6.26 Å². The van der Waals surface area contributed by atoms with Crippen LogP contribution in [0.1, 0.15) is 51.1 Å². The monoisotopic (exact) mass is 263 g/mol. The summed E-state index contributed by atoms with van der Waals surface area (Å²) in [5.74, 6) is 0.877. The molecule has 1 aromatic heterocycles. The van der Waals surface area contributed by atoms with E-state index in [2.05, 4.69) is 22.1 Å². The lowest BCUT2D eigenvalue weighted by atomic mass is 9.92. The van der Waals surface area contributed by atoms with Crippen LogP contribution in [-0.4, -0.2) is 24.1 Å². The highest BCUT2D eigenvalue weighted by Gasteiger charge is 2.36. The molecule has 1 N–H and O–H groups in total. The predicted octanol–water partition coefficient (Wildman–Crippen LogP) is 2.94. The maximum absolute atomic E-state index is 5.72. The van der Waals surface area contributed by atoms with Gasteiger partial charge in [0.25, 0.3) is 6.01 Å². The van der Waals surface area contributed by atoms with E-state index in [-0.39, 0.29) is 0 Å². The summed E-state index contributed by atoms with van der Waals surface area (Å²) in [7, 11) is 0. The Labute approximate surface area is 115 Å². The van der Waals surface area contributed by atoms with Gasteiger partial charge in [0.1, 0.15) is 6.26 Å². The molecule has 0 bridgehead atoms. The topological polar surface area (TPSA) is 41.3 Å². The van der Waals surface area contributed by atoms with Crippen LogP contribution in [0.25, 0.3) is 0 Å². The van der Waals surface area contributed by atoms with E-state index in [9.17, 15) is 0 Å². The number of hydrogen-bond donors (Lipinski definition) is 1. The van der Waals surface area contributed by atoms with Crippen LogP contribution in [0.4, 0.5) is 6.01 Å². The summed E-state index contributed by atoms with van der Waals surface area (Å²) in [5, 5.41) is 3.37. The van der Waals surface area contributed by atoms with E-state index in [1.54, 1.807) is 0 Å². The molecule has 1 aliphatic carbocycles. The van der Waals surface area contributed by atoms with Crippen LogP contribution in [-0.2, 0) is 6.54 Å². The fourth-order valence-corrected chi connectivity index (χ4v) is 3.59. The molecule has 0 amide bonds. The Balaban J connectivity index is 1.64. The molecule has 2 aliphatic rings. The molecule has 4 heteroatoms. The van der Waals surface area contributed by atoms with Gasteiger partial charge in [-0.25, -0.2) is 0 Å². The van der Waals surface area contributed by atoms with Gasteiger partial charge in [0.2, 0.25) is 0 Å². The Bertz CT molecular complexity index is 404. The lowest BCUT2D eigenvalue weighted by Gasteiger charge is -2.36. The summed E-state index contributed by atoms with van der Waals surface area (Å²) in [6.07, 6.45) is 9.73. The predicted molar refractivity (Wildman–Crippen MR) is 76.2 cm³/mol. The first-order valence-corrected chi connectivity index (χ1v) is 7.80. The van der Waals surface area contributed by atoms with Gasteiger partial charge in [-0.15, -0.1) is 0 Å². The van der Waals surface area contributed by atoms with E-state index >= 15 is 0 Å². The van der Waals surface area contributed by atoms with Crippen molar-refractivity contribution in [3.05, 3.63) is 12.0 Å². The van der Waals surface area contributed by atoms with Crippen molar-refractivity contribution in [2.24, 2.45) is 5.92 Å². The van der Waals surface area contributed by atoms with Gasteiger partial charge in [0, 0.05) is 19.1 Å². The second-order valence-electron chi connectivity index (χ2n) is 5.89. The quantitative estimate of drug-likeness (QED) is 0.829. The molecule has 19 heavy (non-hydrogen) atoms. The normalized spacial score (nSPS) is 26.7. The summed E-state index contributed by atoms with van der Waals surface area (Å²) < 4.78 is 5.72. The van der Waals surface area contributed by atoms with Crippen molar-refractivity contribution in [1.82, 2.24) is 10.3 Å². The van der Waals surface area contributed by atoms with Crippen molar-refractivity contribution < 1.29 is 4.42 Å². The van der Waals surface area contributed by atoms with Crippen molar-refractivity contribution in [2.75, 3.05) is 18.0 Å². The van der Waals surface area contributed by atoms with E-state index in [0.29, 0.717) is 6.04 Å². The van der Waals surface area contributed by atoms with Crippen molar-refractivity contribution >= 4 is 6.01 Å². The highest BCUT2D eigenvalue weighted by Crippen LogP contribution is 2.38. The average molecular weight is 263 g/mol. The third kappa shape index (κ3) is 2.78. The average Bonchev–Trinajstić information content (AvgIpc) is 3.07. The lowest BCUT2D eigenvalue weighted by Crippen LogP contribution is -2.42. The maximum Gasteiger partial charge on any atom is 0.297 e. The number of fused-ring (bicyclic) bond motifs is 1. The Morgan fingerprint density at radius 3 is 3.16 bits per heavy atom. The molecule has 3 rings (SSSR count). The third-order valence-electron chi connectivity index (χ3n) is 4.51. The van der Waals surface area contributed by atoms with Crippen LogP contribution in [0, 0.1) is 5.92 Å². The van der Waals surface area contributed by atoms with E-state index in [0.717, 1.165) is 43.7 Å². The van der Waals surface area contributed by atoms with Crippen LogP contribution >= 0.6 is 0 Å². The van der Waals surface area contributed by atoms with Gasteiger partial charge in [-0.1, -0.05) is 13.3 Å². The minimum absolute atomic E-state index is 0.684. The summed E-state index contributed by atoms with van der Waals surface area (Å²) >= 11 is 0. The molecule has 2 fully saturated rings. The van der Waals surface area contributed by atoms with Crippen molar-refractivity contribution in [1.29, 1.82) is 0 Å². The number of rotatable bonds is 5. The number of hydrogen-bond acceptors (Lipinski definition) is 4. The van der Waals surface area contributed by atoms with Gasteiger partial charge < -0.3 is 14.6 Å². The van der Waals surface area contributed by atoms with E-state index in [4.69, 9.17) is 4.42 Å². The van der Waals surface area contributed by atoms with Crippen LogP contribution < -0.4 is 10.2 Å². The zero-order valence-corrected chi connectivity index (χ0v) is 11.9. The first kappa shape index (κ1) is 13.0. The Kier molecular flexibility index (Phi) is 4.06. The molecular weight excluding hydrogens is 238 g/mol. The zero-order valence-electron chi connectivity index (χ0n) is 11.9. The molecule has 1 saturated carbocycles. The van der Waals surface area contributed by atoms with Crippen LogP contribution in [0.2, 0.25) is 0 Å². The molecule has 1 saturated heterocycles. The molecule has 0 aromatic carbocycles. The van der Waals surface area contributed by atoms with Gasteiger partial charge in [0.05, 0.1) is 5.69 Å². The number of nitrogens with one attached hydrogen (secondary N) is 1. The number of nitrogens with zero attached hydrogens (tertiary/aromatic N) is 2. The molecular formula is C15H25N3O. The van der Waals surface area contributed by atoms with Gasteiger partial charge in [0.15, 0.2) is 0 Å². The van der Waals surface area contributed by atoms with E-state index in [1.165, 1.54) is 32.1 Å². The lowest BCUT2D eigenvalue weighted by molar-refractivity contribution is 0.342. The highest BCUT2D eigenvalue weighted by molar-refractivity contribution is 5.31. The number of aromatic nitrogens is 1. The summed E-state index contributed by atoms with van der Waals surface area (Å²) in [6.45, 7) is 5.15. The van der Waals surface area contributed by atoms with Gasteiger partial charge >= 0.3 is 0 Å². The molecule has 2 atom stereocenters. The molecule has 0 radical (unpaired) electrons. The maximum atomic E-state index is 5.72. The van der Waals surface area contributed by atoms with Gasteiger partial charge in [-0.3, -0.25) is 0 Å². The van der Waals surface area contributed by atoms with Crippen molar-refractivity contribution in [3.8, 4) is 0 Å². The van der Waals surface area contributed by atoms with E-state index < -0.39 is 0 Å². The minimum atomic E-state index is 0.684. The first-order valence-electron chi connectivity index (χ1n) is 7.80. The van der Waals surface area contributed by atoms with Crippen LogP contribution in [0.3, 0.4) is 0 Å². The Hall–Kier alpha value is -1.03. The largest absolute Gasteiger partial charge is 0.432 e. The standard InChI is InChI=1S/C15H25N3O/c1-2-8-16-10-13-11-19-15(17-13)18-9-4-6-12-5-3-7-14(12)18/h11-12,14,16H,2-10H2,1H3. The fourth-order valence-electron chi connectivity index (χ4n) is 3.59. The number of oxazole rings is 1. The number of piperidine rings is 1. The minimum Gasteiger partial charge on any atom is -0.432 e. The Morgan fingerprint density at radius 2 is 2.26 bits per heavy atom. The zero-order chi connectivity index (χ0) is 13.1. The molecule has 2 unspecified atom stereocenters. The second-order valence-corrected chi connectivity index (χ2v) is 5.89. The van der Waals surface area contributed by atoms with Crippen LogP contribution in [0.5, 0.6) is 0 Å². The smallest absolute Gasteiger partial charge is 0.297 e. The molecule has 1 aromatic rings. The third-order valence-corrected chi connectivity index (χ3v) is 4.51. The fraction of sp³-hybridized carbons (Fsp3) is 0.800. The van der Waals surface area contributed by atoms with Crippen molar-refractivity contribution in [2.45, 2.75) is 58.0 Å². The Morgan fingerprint density at radius 1 is 1.37 bits per heavy atom. The second kappa shape index (κ2) is 5.95. The molecule has 0 spiro atoms. The van der Waals surface area contributed by atoms with Gasteiger partial charge in [-0.2, -0.15) is 4.98 Å². The first-order chi connectivity index (χ1) is 9.38.